The Kier molecular flexibility index (Phi) is 9.35. The molecule has 1 aromatic heterocycles. The summed E-state index contributed by atoms with van der Waals surface area (Å²) < 4.78 is 62.8. The van der Waals surface area contributed by atoms with Crippen LogP contribution in [0, 0.1) is 22.7 Å². The normalized spacial score (nSPS) is 12.4. The number of carbonyl (C=O) groups is 1. The average molecular weight is 606 g/mol. The van der Waals surface area contributed by atoms with Crippen molar-refractivity contribution < 1.29 is 34.9 Å². The van der Waals surface area contributed by atoms with Crippen LogP contribution in [0.4, 0.5) is 18.9 Å². The van der Waals surface area contributed by atoms with E-state index in [0.717, 1.165) is 4.68 Å². The van der Waals surface area contributed by atoms with Gasteiger partial charge in [-0.3, -0.25) is 0 Å². The molecule has 1 unspecified atom stereocenters. The molecule has 36 heavy (non-hydrogen) atoms. The van der Waals surface area contributed by atoms with Gasteiger partial charge < -0.3 is 0 Å². The predicted octanol–water partition coefficient (Wildman–Crippen LogP) is 3.64. The van der Waals surface area contributed by atoms with Gasteiger partial charge >= 0.3 is 94.6 Å². The van der Waals surface area contributed by atoms with Crippen molar-refractivity contribution in [1.82, 2.24) is 9.78 Å². The van der Waals surface area contributed by atoms with Crippen LogP contribution in [-0.4, -0.2) is 39.2 Å². The first kappa shape index (κ1) is 28.9. The molecule has 1 atom stereocenters. The fraction of sp³-hybridized carbons (Fsp3) is 0.100. The summed E-state index contributed by atoms with van der Waals surface area (Å²) >= 11 is 6.80. The van der Waals surface area contributed by atoms with Crippen LogP contribution in [0.25, 0.3) is 5.69 Å². The number of aromatic nitrogens is 2. The summed E-state index contributed by atoms with van der Waals surface area (Å²) in [6.45, 7) is 1.32. The van der Waals surface area contributed by atoms with E-state index < -0.39 is 25.9 Å². The largest absolute Gasteiger partial charge is 0.416 e. The Morgan fingerprint density at radius 1 is 1.19 bits per heavy atom. The van der Waals surface area contributed by atoms with Gasteiger partial charge in [-0.05, 0) is 12.1 Å². The molecule has 3 rings (SSSR count). The molecule has 0 bridgehead atoms. The molecule has 0 radical (unpaired) electrons. The average Bonchev–Trinajstić information content (AvgIpc) is 3.21. The van der Waals surface area contributed by atoms with Gasteiger partial charge in [0.2, 0.25) is 0 Å². The Morgan fingerprint density at radius 3 is 2.25 bits per heavy atom. The third kappa shape index (κ3) is 7.12. The van der Waals surface area contributed by atoms with Gasteiger partial charge in [-0.15, -0.1) is 0 Å². The Bertz CT molecular complexity index is 1380. The monoisotopic (exact) mass is 605 g/mol. The van der Waals surface area contributed by atoms with Crippen LogP contribution < -0.4 is 9.67 Å². The number of hydrogen-bond donors (Lipinski definition) is 3. The number of nitriles is 2. The van der Waals surface area contributed by atoms with Crippen LogP contribution in [-0.2, 0) is 18.6 Å². The molecule has 16 heteroatoms. The maximum Gasteiger partial charge on any atom is 0.416 e. The molecule has 3 N–H and O–H groups in total. The maximum atomic E-state index is 12.6. The van der Waals surface area contributed by atoms with Gasteiger partial charge in [-0.1, -0.05) is 23.2 Å². The molecule has 188 valence electrons. The van der Waals surface area contributed by atoms with Crippen molar-refractivity contribution in [3.8, 4) is 17.8 Å². The minimum Gasteiger partial charge on any atom is -0.235 e. The van der Waals surface area contributed by atoms with Crippen LogP contribution in [0.5, 0.6) is 0 Å². The molecular formula is C20H13AsCl2F3N5O5. The number of anilines is 1. The fourth-order valence-corrected chi connectivity index (χ4v) is 4.68. The van der Waals surface area contributed by atoms with E-state index in [1.54, 1.807) is 18.2 Å². The van der Waals surface area contributed by atoms with Crippen molar-refractivity contribution in [2.45, 2.75) is 13.1 Å². The number of hydrogen-bond acceptors (Lipinski definition) is 7. The minimum absolute atomic E-state index is 0.0375. The summed E-state index contributed by atoms with van der Waals surface area (Å²) in [6.07, 6.45) is -3.43. The van der Waals surface area contributed by atoms with Crippen LogP contribution in [0.1, 0.15) is 23.7 Å². The first-order valence-corrected chi connectivity index (χ1v) is 13.3. The smallest absolute Gasteiger partial charge is 0.235 e. The van der Waals surface area contributed by atoms with Gasteiger partial charge in [0.15, 0.2) is 5.69 Å². The van der Waals surface area contributed by atoms with Crippen LogP contribution in [0.2, 0.25) is 10.0 Å². The summed E-state index contributed by atoms with van der Waals surface area (Å²) in [7, 11) is 0. The number of amides is 1. The summed E-state index contributed by atoms with van der Waals surface area (Å²) in [4.78, 5) is 10.7. The van der Waals surface area contributed by atoms with Crippen molar-refractivity contribution >= 4 is 53.3 Å². The molecule has 3 aromatic rings. The van der Waals surface area contributed by atoms with Crippen LogP contribution in [0.3, 0.4) is 0 Å². The molecular weight excluding hydrogens is 593 g/mol. The zero-order valence-electron chi connectivity index (χ0n) is 17.8. The standard InChI is InChI=1S/C12H3Cl2F3N4.C8H10AsNO5/c13-8-1-7(12(15,16)17)2-9(14)11(8)21-5-6(3-18)10(4-19)20-21;1-6(11)10-8-4-2-3-7(5-8)9(12,13)15-14/h1-2,5H;2-5,14H,1H3,(H,10,11)(H,12,13). The van der Waals surface area contributed by atoms with Crippen molar-refractivity contribution in [2.75, 3.05) is 5.32 Å². The van der Waals surface area contributed by atoms with E-state index in [-0.39, 0.29) is 37.2 Å². The minimum atomic E-state index is -4.83. The summed E-state index contributed by atoms with van der Waals surface area (Å²) in [6, 6.07) is 10.5. The number of nitrogens with one attached hydrogen (secondary N) is 1. The van der Waals surface area contributed by atoms with E-state index in [9.17, 15) is 25.8 Å². The van der Waals surface area contributed by atoms with E-state index in [4.69, 9.17) is 39.0 Å². The maximum absolute atomic E-state index is 12.6. The first-order chi connectivity index (χ1) is 16.7. The zero-order valence-corrected chi connectivity index (χ0v) is 21.2. The molecule has 1 amide bonds. The fourth-order valence-electron chi connectivity index (χ4n) is 2.61. The van der Waals surface area contributed by atoms with E-state index in [2.05, 4.69) is 14.3 Å². The van der Waals surface area contributed by atoms with Crippen LogP contribution in [0.15, 0.2) is 42.6 Å². The number of rotatable bonds is 4. The number of halogens is 5. The Balaban J connectivity index is 0.000000269. The molecule has 2 aromatic carbocycles. The van der Waals surface area contributed by atoms with E-state index in [1.807, 2.05) is 0 Å². The van der Waals surface area contributed by atoms with Gasteiger partial charge in [0.25, 0.3) is 0 Å². The van der Waals surface area contributed by atoms with Crippen molar-refractivity contribution in [3.63, 3.8) is 0 Å². The summed E-state index contributed by atoms with van der Waals surface area (Å²) in [5.41, 5.74) is -0.888. The molecule has 1 heterocycles. The number of carbonyl (C=O) groups excluding carboxylic acids is 1. The van der Waals surface area contributed by atoms with Crippen molar-refractivity contribution in [1.29, 1.82) is 10.5 Å². The van der Waals surface area contributed by atoms with Gasteiger partial charge in [0, 0.05) is 0 Å². The molecule has 0 aliphatic carbocycles. The molecule has 0 aliphatic heterocycles. The topological polar surface area (TPSA) is 161 Å². The molecule has 0 fully saturated rings. The molecule has 0 saturated heterocycles. The van der Waals surface area contributed by atoms with E-state index in [1.165, 1.54) is 31.3 Å². The second kappa shape index (κ2) is 11.6. The predicted molar refractivity (Wildman–Crippen MR) is 121 cm³/mol. The Morgan fingerprint density at radius 2 is 1.81 bits per heavy atom. The third-order valence-electron chi connectivity index (χ3n) is 4.12. The molecule has 0 saturated carbocycles. The second-order valence-electron chi connectivity index (χ2n) is 6.68. The zero-order chi connectivity index (χ0) is 27.3. The van der Waals surface area contributed by atoms with Crippen molar-refractivity contribution in [3.05, 3.63) is 69.5 Å². The Labute approximate surface area is 214 Å². The first-order valence-electron chi connectivity index (χ1n) is 9.24. The van der Waals surface area contributed by atoms with Gasteiger partial charge in [0.1, 0.15) is 23.4 Å². The molecule has 10 nitrogen and oxygen atoms in total. The third-order valence-corrected chi connectivity index (χ3v) is 7.11. The van der Waals surface area contributed by atoms with Gasteiger partial charge in [0.05, 0.1) is 21.8 Å². The van der Waals surface area contributed by atoms with Gasteiger partial charge in [-0.25, -0.2) is 4.68 Å². The molecule has 0 spiro atoms. The Hall–Kier alpha value is -3.29. The number of nitrogens with zero attached hydrogens (tertiary/aromatic N) is 4. The van der Waals surface area contributed by atoms with Crippen molar-refractivity contribution in [2.24, 2.45) is 0 Å². The molecule has 0 aliphatic rings. The number of alkyl halides is 3. The quantitative estimate of drug-likeness (QED) is 0.231. The second-order valence-corrected chi connectivity index (χ2v) is 11.1. The van der Waals surface area contributed by atoms with Gasteiger partial charge in [-0.2, -0.15) is 28.8 Å². The van der Waals surface area contributed by atoms with Crippen LogP contribution >= 0.6 is 23.2 Å². The summed E-state index contributed by atoms with van der Waals surface area (Å²) in [5, 5.41) is 31.5. The SMILES string of the molecule is CC(=O)Nc1cccc([As](=O)(O)OO)c1.N#Cc1cn(-c2c(Cl)cc(C(F)(F)F)cc2Cl)nc1C#N. The summed E-state index contributed by atoms with van der Waals surface area (Å²) in [5.74, 6) is -0.294. The number of benzene rings is 2. The van der Waals surface area contributed by atoms with E-state index in [0.29, 0.717) is 17.8 Å². The van der Waals surface area contributed by atoms with E-state index >= 15 is 0 Å².